The molecule has 14 heavy (non-hydrogen) atoms. The van der Waals surface area contributed by atoms with Gasteiger partial charge in [0, 0.05) is 10.1 Å². The molecule has 0 aliphatic rings. The standard InChI is InChI=1S/C10H13ClO2S/c1-7(5-12)14-10-8(6-13)3-2-4-9(10)11/h2-4,7,12-13H,5-6H2,1H3. The van der Waals surface area contributed by atoms with Gasteiger partial charge in [-0.05, 0) is 11.6 Å². The molecular formula is C10H13ClO2S. The highest BCUT2D eigenvalue weighted by molar-refractivity contribution is 8.00. The molecule has 0 spiro atoms. The van der Waals surface area contributed by atoms with E-state index >= 15 is 0 Å². The van der Waals surface area contributed by atoms with E-state index < -0.39 is 0 Å². The first-order chi connectivity index (χ1) is 6.69. The predicted molar refractivity (Wildman–Crippen MR) is 59.8 cm³/mol. The number of thioether (sulfide) groups is 1. The van der Waals surface area contributed by atoms with Crippen LogP contribution in [0, 0.1) is 0 Å². The normalized spacial score (nSPS) is 12.9. The molecule has 0 saturated carbocycles. The van der Waals surface area contributed by atoms with Crippen molar-refractivity contribution in [3.05, 3.63) is 28.8 Å². The third kappa shape index (κ3) is 2.89. The van der Waals surface area contributed by atoms with E-state index in [1.54, 1.807) is 6.07 Å². The van der Waals surface area contributed by atoms with Crippen LogP contribution in [-0.2, 0) is 6.61 Å². The first-order valence-corrected chi connectivity index (χ1v) is 5.60. The van der Waals surface area contributed by atoms with Gasteiger partial charge in [0.05, 0.1) is 18.2 Å². The summed E-state index contributed by atoms with van der Waals surface area (Å²) in [6, 6.07) is 5.42. The Morgan fingerprint density at radius 2 is 2.14 bits per heavy atom. The maximum absolute atomic E-state index is 9.09. The van der Waals surface area contributed by atoms with Crippen LogP contribution in [0.15, 0.2) is 23.1 Å². The number of benzene rings is 1. The van der Waals surface area contributed by atoms with E-state index in [1.807, 2.05) is 19.1 Å². The molecule has 0 amide bonds. The fourth-order valence-electron chi connectivity index (χ4n) is 1.05. The van der Waals surface area contributed by atoms with Gasteiger partial charge in [-0.2, -0.15) is 0 Å². The maximum Gasteiger partial charge on any atom is 0.0693 e. The highest BCUT2D eigenvalue weighted by Gasteiger charge is 2.10. The largest absolute Gasteiger partial charge is 0.395 e. The van der Waals surface area contributed by atoms with Gasteiger partial charge in [0.25, 0.3) is 0 Å². The van der Waals surface area contributed by atoms with E-state index in [0.717, 1.165) is 10.5 Å². The van der Waals surface area contributed by atoms with Crippen LogP contribution in [-0.4, -0.2) is 22.1 Å². The molecule has 1 rings (SSSR count). The van der Waals surface area contributed by atoms with Gasteiger partial charge in [-0.1, -0.05) is 30.7 Å². The van der Waals surface area contributed by atoms with Gasteiger partial charge in [0.15, 0.2) is 0 Å². The van der Waals surface area contributed by atoms with Crippen LogP contribution in [0.1, 0.15) is 12.5 Å². The summed E-state index contributed by atoms with van der Waals surface area (Å²) < 4.78 is 0. The van der Waals surface area contributed by atoms with Crippen LogP contribution in [0.25, 0.3) is 0 Å². The Labute approximate surface area is 92.9 Å². The Morgan fingerprint density at radius 3 is 2.71 bits per heavy atom. The Morgan fingerprint density at radius 1 is 1.43 bits per heavy atom. The van der Waals surface area contributed by atoms with Gasteiger partial charge in [-0.3, -0.25) is 0 Å². The predicted octanol–water partition coefficient (Wildman–Crippen LogP) is 2.31. The number of rotatable bonds is 4. The molecule has 2 N–H and O–H groups in total. The summed E-state index contributed by atoms with van der Waals surface area (Å²) in [6.45, 7) is 1.98. The molecular weight excluding hydrogens is 220 g/mol. The molecule has 0 heterocycles. The zero-order chi connectivity index (χ0) is 10.6. The van der Waals surface area contributed by atoms with Crippen LogP contribution in [0.3, 0.4) is 0 Å². The fourth-order valence-corrected chi connectivity index (χ4v) is 2.32. The first-order valence-electron chi connectivity index (χ1n) is 4.34. The molecule has 0 aliphatic heterocycles. The smallest absolute Gasteiger partial charge is 0.0693 e. The fraction of sp³-hybridized carbons (Fsp3) is 0.400. The van der Waals surface area contributed by atoms with Crippen molar-refractivity contribution in [3.63, 3.8) is 0 Å². The maximum atomic E-state index is 9.09. The first kappa shape index (κ1) is 11.9. The summed E-state index contributed by atoms with van der Waals surface area (Å²) in [5, 5.41) is 18.7. The topological polar surface area (TPSA) is 40.5 Å². The summed E-state index contributed by atoms with van der Waals surface area (Å²) in [7, 11) is 0. The minimum Gasteiger partial charge on any atom is -0.395 e. The van der Waals surface area contributed by atoms with Crippen molar-refractivity contribution in [2.75, 3.05) is 6.61 Å². The summed E-state index contributed by atoms with van der Waals surface area (Å²) >= 11 is 7.48. The molecule has 0 fully saturated rings. The van der Waals surface area contributed by atoms with Gasteiger partial charge in [-0.15, -0.1) is 11.8 Å². The minimum atomic E-state index is -0.0267. The van der Waals surface area contributed by atoms with Gasteiger partial charge < -0.3 is 10.2 Å². The van der Waals surface area contributed by atoms with E-state index in [-0.39, 0.29) is 18.5 Å². The molecule has 1 unspecified atom stereocenters. The third-order valence-corrected chi connectivity index (χ3v) is 3.49. The molecule has 0 radical (unpaired) electrons. The van der Waals surface area contributed by atoms with Gasteiger partial charge in [-0.25, -0.2) is 0 Å². The number of hydrogen-bond donors (Lipinski definition) is 2. The van der Waals surface area contributed by atoms with Crippen molar-refractivity contribution in [3.8, 4) is 0 Å². The van der Waals surface area contributed by atoms with Crippen LogP contribution < -0.4 is 0 Å². The second kappa shape index (κ2) is 5.61. The van der Waals surface area contributed by atoms with Crippen molar-refractivity contribution >= 4 is 23.4 Å². The zero-order valence-corrected chi connectivity index (χ0v) is 9.48. The third-order valence-electron chi connectivity index (χ3n) is 1.80. The lowest BCUT2D eigenvalue weighted by Crippen LogP contribution is -2.03. The van der Waals surface area contributed by atoms with Gasteiger partial charge >= 0.3 is 0 Å². The number of aliphatic hydroxyl groups is 2. The van der Waals surface area contributed by atoms with E-state index in [1.165, 1.54) is 11.8 Å². The molecule has 0 bridgehead atoms. The lowest BCUT2D eigenvalue weighted by molar-refractivity contribution is 0.278. The Kier molecular flexibility index (Phi) is 4.75. The molecule has 0 saturated heterocycles. The summed E-state index contributed by atoms with van der Waals surface area (Å²) in [5.74, 6) is 0. The van der Waals surface area contributed by atoms with Crippen LogP contribution in [0.4, 0.5) is 0 Å². The minimum absolute atomic E-state index is 0.0267. The van der Waals surface area contributed by atoms with E-state index in [9.17, 15) is 0 Å². The van der Waals surface area contributed by atoms with E-state index in [0.29, 0.717) is 5.02 Å². The highest BCUT2D eigenvalue weighted by atomic mass is 35.5. The van der Waals surface area contributed by atoms with E-state index in [4.69, 9.17) is 21.8 Å². The van der Waals surface area contributed by atoms with Crippen molar-refractivity contribution in [1.29, 1.82) is 0 Å². The molecule has 1 aromatic carbocycles. The molecule has 2 nitrogen and oxygen atoms in total. The van der Waals surface area contributed by atoms with Crippen molar-refractivity contribution < 1.29 is 10.2 Å². The zero-order valence-electron chi connectivity index (χ0n) is 7.90. The number of hydrogen-bond acceptors (Lipinski definition) is 3. The summed E-state index contributed by atoms with van der Waals surface area (Å²) in [4.78, 5) is 0.859. The second-order valence-corrected chi connectivity index (χ2v) is 4.85. The van der Waals surface area contributed by atoms with Gasteiger partial charge in [0.2, 0.25) is 0 Å². The average Bonchev–Trinajstić information content (AvgIpc) is 2.20. The molecule has 0 aliphatic carbocycles. The molecule has 0 aromatic heterocycles. The van der Waals surface area contributed by atoms with Crippen molar-refractivity contribution in [2.24, 2.45) is 0 Å². The quantitative estimate of drug-likeness (QED) is 0.783. The monoisotopic (exact) mass is 232 g/mol. The summed E-state index contributed by atoms with van der Waals surface area (Å²) in [6.07, 6.45) is 0. The number of aliphatic hydroxyl groups excluding tert-OH is 2. The Bertz CT molecular complexity index is 304. The lowest BCUT2D eigenvalue weighted by Gasteiger charge is -2.12. The average molecular weight is 233 g/mol. The van der Waals surface area contributed by atoms with Crippen LogP contribution in [0.5, 0.6) is 0 Å². The van der Waals surface area contributed by atoms with Crippen LogP contribution >= 0.6 is 23.4 Å². The SMILES string of the molecule is CC(CO)Sc1c(Cl)cccc1CO. The Hall–Kier alpha value is -0.220. The molecule has 78 valence electrons. The van der Waals surface area contributed by atoms with Crippen LogP contribution in [0.2, 0.25) is 5.02 Å². The van der Waals surface area contributed by atoms with E-state index in [2.05, 4.69) is 0 Å². The highest BCUT2D eigenvalue weighted by Crippen LogP contribution is 2.33. The van der Waals surface area contributed by atoms with Gasteiger partial charge in [0.1, 0.15) is 0 Å². The van der Waals surface area contributed by atoms with Crippen molar-refractivity contribution in [1.82, 2.24) is 0 Å². The lowest BCUT2D eigenvalue weighted by atomic mass is 10.2. The second-order valence-electron chi connectivity index (χ2n) is 3.00. The molecule has 1 atom stereocenters. The van der Waals surface area contributed by atoms with Crippen molar-refractivity contribution in [2.45, 2.75) is 23.7 Å². The number of halogens is 1. The summed E-state index contributed by atoms with van der Waals surface area (Å²) in [5.41, 5.74) is 0.808. The molecule has 4 heteroatoms. The Balaban J connectivity index is 2.92. The molecule has 1 aromatic rings.